The Kier molecular flexibility index (Phi) is 5.61. The van der Waals surface area contributed by atoms with Gasteiger partial charge in [0, 0.05) is 12.6 Å². The average Bonchev–Trinajstić information content (AvgIpc) is 2.76. The van der Waals surface area contributed by atoms with Gasteiger partial charge in [0.2, 0.25) is 0 Å². The van der Waals surface area contributed by atoms with E-state index in [4.69, 9.17) is 10.5 Å². The molecule has 4 heteroatoms. The van der Waals surface area contributed by atoms with Gasteiger partial charge in [-0.3, -0.25) is 0 Å². The van der Waals surface area contributed by atoms with Crippen LogP contribution in [0.4, 0.5) is 4.79 Å². The van der Waals surface area contributed by atoms with Crippen LogP contribution in [0, 0.1) is 11.8 Å². The van der Waals surface area contributed by atoms with Crippen LogP contribution in [0.3, 0.4) is 0 Å². The zero-order valence-electron chi connectivity index (χ0n) is 13.8. The standard InChI is InChI=1S/C18H32N2O2/c19-12-17-13-20(18(21)22-17)16-9-5-8-15(10-11-16)14-6-3-1-2-4-7-14/h14-17H,1-13,19H2. The first-order valence-electron chi connectivity index (χ1n) is 9.45. The van der Waals surface area contributed by atoms with Crippen molar-refractivity contribution in [2.75, 3.05) is 13.1 Å². The lowest BCUT2D eigenvalue weighted by atomic mass is 9.81. The molecule has 0 aromatic heterocycles. The van der Waals surface area contributed by atoms with Gasteiger partial charge in [-0.25, -0.2) is 4.79 Å². The smallest absolute Gasteiger partial charge is 0.410 e. The van der Waals surface area contributed by atoms with Gasteiger partial charge in [-0.05, 0) is 31.1 Å². The molecule has 3 atom stereocenters. The predicted octanol–water partition coefficient (Wildman–Crippen LogP) is 3.69. The Hall–Kier alpha value is -0.770. The molecule has 1 heterocycles. The molecule has 0 aromatic rings. The molecule has 3 unspecified atom stereocenters. The minimum Gasteiger partial charge on any atom is -0.443 e. The Balaban J connectivity index is 1.54. The summed E-state index contributed by atoms with van der Waals surface area (Å²) in [6, 6.07) is 0.389. The summed E-state index contributed by atoms with van der Waals surface area (Å²) in [4.78, 5) is 14.0. The quantitative estimate of drug-likeness (QED) is 0.809. The van der Waals surface area contributed by atoms with Gasteiger partial charge in [0.15, 0.2) is 0 Å². The Labute approximate surface area is 134 Å². The third kappa shape index (κ3) is 3.76. The van der Waals surface area contributed by atoms with E-state index in [1.54, 1.807) is 0 Å². The van der Waals surface area contributed by atoms with E-state index in [2.05, 4.69) is 0 Å². The zero-order chi connectivity index (χ0) is 15.4. The normalized spacial score (nSPS) is 35.0. The van der Waals surface area contributed by atoms with Crippen molar-refractivity contribution >= 4 is 6.09 Å². The Bertz CT molecular complexity index is 366. The first kappa shape index (κ1) is 16.1. The van der Waals surface area contributed by atoms with Gasteiger partial charge in [0.25, 0.3) is 0 Å². The molecule has 1 saturated heterocycles. The maximum absolute atomic E-state index is 12.0. The summed E-state index contributed by atoms with van der Waals surface area (Å²) >= 11 is 0. The van der Waals surface area contributed by atoms with Crippen LogP contribution in [0.1, 0.15) is 70.6 Å². The Morgan fingerprint density at radius 1 is 0.909 bits per heavy atom. The maximum Gasteiger partial charge on any atom is 0.410 e. The highest BCUT2D eigenvalue weighted by Crippen LogP contribution is 2.38. The fourth-order valence-corrected chi connectivity index (χ4v) is 4.84. The SMILES string of the molecule is NCC1CN(C2CCCC(C3CCCCCC3)CC2)C(=O)O1. The minimum absolute atomic E-state index is 0.0894. The second-order valence-electron chi connectivity index (χ2n) is 7.57. The number of rotatable bonds is 3. The van der Waals surface area contributed by atoms with Crippen LogP contribution in [0.25, 0.3) is 0 Å². The largest absolute Gasteiger partial charge is 0.443 e. The number of hydrogen-bond donors (Lipinski definition) is 1. The number of nitrogens with zero attached hydrogens (tertiary/aromatic N) is 1. The molecule has 0 spiro atoms. The maximum atomic E-state index is 12.0. The van der Waals surface area contributed by atoms with E-state index < -0.39 is 0 Å². The number of amides is 1. The third-order valence-electron chi connectivity index (χ3n) is 6.16. The average molecular weight is 308 g/mol. The highest BCUT2D eigenvalue weighted by atomic mass is 16.6. The molecule has 4 nitrogen and oxygen atoms in total. The van der Waals surface area contributed by atoms with Crippen LogP contribution in [-0.4, -0.2) is 36.2 Å². The summed E-state index contributed by atoms with van der Waals surface area (Å²) in [7, 11) is 0. The fourth-order valence-electron chi connectivity index (χ4n) is 4.84. The molecule has 22 heavy (non-hydrogen) atoms. The van der Waals surface area contributed by atoms with Crippen LogP contribution in [0.15, 0.2) is 0 Å². The lowest BCUT2D eigenvalue weighted by molar-refractivity contribution is 0.128. The summed E-state index contributed by atoms with van der Waals surface area (Å²) in [6.45, 7) is 1.15. The predicted molar refractivity (Wildman–Crippen MR) is 87.6 cm³/mol. The van der Waals surface area contributed by atoms with Crippen LogP contribution >= 0.6 is 0 Å². The molecule has 2 saturated carbocycles. The second kappa shape index (κ2) is 7.67. The lowest BCUT2D eigenvalue weighted by Crippen LogP contribution is -2.37. The molecule has 1 aliphatic heterocycles. The van der Waals surface area contributed by atoms with Crippen LogP contribution in [-0.2, 0) is 4.74 Å². The van der Waals surface area contributed by atoms with Crippen LogP contribution in [0.2, 0.25) is 0 Å². The van der Waals surface area contributed by atoms with E-state index in [1.807, 2.05) is 4.90 Å². The number of nitrogens with two attached hydrogens (primary N) is 1. The highest BCUT2D eigenvalue weighted by molar-refractivity contribution is 5.70. The van der Waals surface area contributed by atoms with E-state index in [9.17, 15) is 4.79 Å². The van der Waals surface area contributed by atoms with Crippen molar-refractivity contribution in [3.8, 4) is 0 Å². The van der Waals surface area contributed by atoms with Crippen molar-refractivity contribution in [2.24, 2.45) is 17.6 Å². The number of ether oxygens (including phenoxy) is 1. The fraction of sp³-hybridized carbons (Fsp3) is 0.944. The van der Waals surface area contributed by atoms with Gasteiger partial charge < -0.3 is 15.4 Å². The van der Waals surface area contributed by atoms with E-state index in [0.717, 1.165) is 24.7 Å². The number of carbonyl (C=O) groups is 1. The van der Waals surface area contributed by atoms with Crippen molar-refractivity contribution in [2.45, 2.75) is 82.8 Å². The second-order valence-corrected chi connectivity index (χ2v) is 7.57. The third-order valence-corrected chi connectivity index (χ3v) is 6.16. The molecule has 0 radical (unpaired) electrons. The molecule has 3 rings (SSSR count). The highest BCUT2D eigenvalue weighted by Gasteiger charge is 2.37. The van der Waals surface area contributed by atoms with Gasteiger partial charge in [0.05, 0.1) is 6.54 Å². The topological polar surface area (TPSA) is 55.6 Å². The van der Waals surface area contributed by atoms with E-state index in [-0.39, 0.29) is 12.2 Å². The van der Waals surface area contributed by atoms with Gasteiger partial charge in [-0.15, -0.1) is 0 Å². The zero-order valence-corrected chi connectivity index (χ0v) is 13.8. The summed E-state index contributed by atoms with van der Waals surface area (Å²) < 4.78 is 5.34. The molecule has 1 amide bonds. The van der Waals surface area contributed by atoms with Gasteiger partial charge in [-0.1, -0.05) is 51.4 Å². The van der Waals surface area contributed by atoms with Crippen LogP contribution < -0.4 is 5.73 Å². The molecule has 0 bridgehead atoms. The van der Waals surface area contributed by atoms with E-state index >= 15 is 0 Å². The minimum atomic E-state index is -0.131. The van der Waals surface area contributed by atoms with Crippen molar-refractivity contribution < 1.29 is 9.53 Å². The molecular weight excluding hydrogens is 276 g/mol. The Morgan fingerprint density at radius 2 is 1.59 bits per heavy atom. The lowest BCUT2D eigenvalue weighted by Gasteiger charge is -2.26. The molecule has 3 aliphatic rings. The van der Waals surface area contributed by atoms with Crippen molar-refractivity contribution in [1.29, 1.82) is 0 Å². The summed E-state index contributed by atoms with van der Waals surface area (Å²) in [5.74, 6) is 1.84. The van der Waals surface area contributed by atoms with Gasteiger partial charge in [0.1, 0.15) is 6.10 Å². The summed E-state index contributed by atoms with van der Waals surface area (Å²) in [6.07, 6.45) is 14.6. The molecule has 2 aliphatic carbocycles. The number of cyclic esters (lactones) is 1. The molecule has 2 N–H and O–H groups in total. The number of carbonyl (C=O) groups excluding carboxylic acids is 1. The van der Waals surface area contributed by atoms with Crippen LogP contribution in [0.5, 0.6) is 0 Å². The van der Waals surface area contributed by atoms with Crippen molar-refractivity contribution in [3.63, 3.8) is 0 Å². The first-order chi connectivity index (χ1) is 10.8. The summed E-state index contributed by atoms with van der Waals surface area (Å²) in [5.41, 5.74) is 5.65. The van der Waals surface area contributed by atoms with E-state index in [1.165, 1.54) is 57.8 Å². The first-order valence-corrected chi connectivity index (χ1v) is 9.45. The molecule has 126 valence electrons. The van der Waals surface area contributed by atoms with Crippen molar-refractivity contribution in [3.05, 3.63) is 0 Å². The monoisotopic (exact) mass is 308 g/mol. The molecule has 0 aromatic carbocycles. The number of hydrogen-bond acceptors (Lipinski definition) is 3. The molecule has 3 fully saturated rings. The summed E-state index contributed by atoms with van der Waals surface area (Å²) in [5, 5.41) is 0. The van der Waals surface area contributed by atoms with Gasteiger partial charge >= 0.3 is 6.09 Å². The molecular formula is C18H32N2O2. The van der Waals surface area contributed by atoms with E-state index in [0.29, 0.717) is 19.1 Å². The van der Waals surface area contributed by atoms with Crippen molar-refractivity contribution in [1.82, 2.24) is 4.90 Å². The van der Waals surface area contributed by atoms with Gasteiger partial charge in [-0.2, -0.15) is 0 Å². The Morgan fingerprint density at radius 3 is 2.27 bits per heavy atom.